The van der Waals surface area contributed by atoms with Gasteiger partial charge >= 0.3 is 0 Å². The van der Waals surface area contributed by atoms with Crippen molar-refractivity contribution in [1.82, 2.24) is 15.5 Å². The van der Waals surface area contributed by atoms with Crippen molar-refractivity contribution in [2.75, 3.05) is 13.6 Å². The largest absolute Gasteiger partial charge is 0.425 e. The number of aryl methyl sites for hydroxylation is 3. The van der Waals surface area contributed by atoms with Crippen molar-refractivity contribution in [3.05, 3.63) is 47.7 Å². The van der Waals surface area contributed by atoms with Crippen molar-refractivity contribution in [1.29, 1.82) is 0 Å². The fraction of sp³-hybridized carbons (Fsp3) is 0.429. The van der Waals surface area contributed by atoms with Gasteiger partial charge in [-0.3, -0.25) is 0 Å². The molecule has 1 N–H and O–H groups in total. The molecule has 0 radical (unpaired) electrons. The van der Waals surface area contributed by atoms with Crippen molar-refractivity contribution in [2.24, 2.45) is 0 Å². The molecular weight excluding hydrogens is 226 g/mol. The van der Waals surface area contributed by atoms with Crippen molar-refractivity contribution in [2.45, 2.75) is 25.7 Å². The van der Waals surface area contributed by atoms with Crippen LogP contribution < -0.4 is 5.32 Å². The van der Waals surface area contributed by atoms with Gasteiger partial charge in [0, 0.05) is 12.8 Å². The number of aromatic nitrogens is 2. The minimum absolute atomic E-state index is 0.735. The molecule has 0 unspecified atom stereocenters. The van der Waals surface area contributed by atoms with Crippen LogP contribution in [0.1, 0.15) is 23.8 Å². The summed E-state index contributed by atoms with van der Waals surface area (Å²) in [6.07, 6.45) is 3.62. The maximum atomic E-state index is 5.60. The van der Waals surface area contributed by atoms with Gasteiger partial charge in [-0.05, 0) is 32.0 Å². The van der Waals surface area contributed by atoms with Crippen LogP contribution in [-0.4, -0.2) is 23.8 Å². The third-order valence-electron chi connectivity index (χ3n) is 2.80. The van der Waals surface area contributed by atoms with Crippen molar-refractivity contribution in [3.8, 4) is 0 Å². The van der Waals surface area contributed by atoms with E-state index in [2.05, 4.69) is 27.6 Å². The third-order valence-corrected chi connectivity index (χ3v) is 2.80. The van der Waals surface area contributed by atoms with E-state index in [-0.39, 0.29) is 0 Å². The third kappa shape index (κ3) is 3.96. The molecule has 0 saturated carbocycles. The van der Waals surface area contributed by atoms with E-state index in [0.29, 0.717) is 0 Å². The molecule has 0 aliphatic heterocycles. The second-order valence-electron chi connectivity index (χ2n) is 4.28. The molecule has 0 bridgehead atoms. The van der Waals surface area contributed by atoms with E-state index in [1.165, 1.54) is 5.56 Å². The van der Waals surface area contributed by atoms with E-state index in [1.54, 1.807) is 0 Å². The molecule has 18 heavy (non-hydrogen) atoms. The lowest BCUT2D eigenvalue weighted by Gasteiger charge is -1.97. The molecule has 0 spiro atoms. The van der Waals surface area contributed by atoms with Gasteiger partial charge in [-0.1, -0.05) is 30.3 Å². The standard InChI is InChI=1S/C14H19N3O/c1-15-11-5-8-13-16-17-14(18-13)10-9-12-6-3-2-4-7-12/h2-4,6-7,15H,5,8-11H2,1H3. The van der Waals surface area contributed by atoms with Gasteiger partial charge in [0.15, 0.2) is 0 Å². The van der Waals surface area contributed by atoms with E-state index >= 15 is 0 Å². The number of rotatable bonds is 7. The molecule has 0 saturated heterocycles. The van der Waals surface area contributed by atoms with Crippen molar-refractivity contribution < 1.29 is 4.42 Å². The van der Waals surface area contributed by atoms with Crippen LogP contribution >= 0.6 is 0 Å². The molecule has 4 heteroatoms. The molecule has 2 aromatic rings. The summed E-state index contributed by atoms with van der Waals surface area (Å²) in [6, 6.07) is 10.4. The zero-order valence-electron chi connectivity index (χ0n) is 10.7. The predicted octanol–water partition coefficient (Wildman–Crippen LogP) is 2.01. The van der Waals surface area contributed by atoms with Gasteiger partial charge in [0.05, 0.1) is 0 Å². The topological polar surface area (TPSA) is 51.0 Å². The van der Waals surface area contributed by atoms with Crippen molar-refractivity contribution >= 4 is 0 Å². The first kappa shape index (κ1) is 12.8. The Labute approximate surface area is 107 Å². The predicted molar refractivity (Wildman–Crippen MR) is 70.4 cm³/mol. The van der Waals surface area contributed by atoms with Gasteiger partial charge < -0.3 is 9.73 Å². The fourth-order valence-corrected chi connectivity index (χ4v) is 1.80. The second-order valence-corrected chi connectivity index (χ2v) is 4.28. The molecule has 96 valence electrons. The van der Waals surface area contributed by atoms with Gasteiger partial charge in [0.2, 0.25) is 11.8 Å². The number of hydrogen-bond donors (Lipinski definition) is 1. The van der Waals surface area contributed by atoms with E-state index in [0.717, 1.165) is 44.0 Å². The van der Waals surface area contributed by atoms with Gasteiger partial charge in [-0.15, -0.1) is 10.2 Å². The van der Waals surface area contributed by atoms with Crippen LogP contribution in [0.5, 0.6) is 0 Å². The van der Waals surface area contributed by atoms with E-state index in [1.807, 2.05) is 25.2 Å². The number of hydrogen-bond acceptors (Lipinski definition) is 4. The van der Waals surface area contributed by atoms with Gasteiger partial charge in [0.1, 0.15) is 0 Å². The molecule has 0 aliphatic carbocycles. The highest BCUT2D eigenvalue weighted by Crippen LogP contribution is 2.07. The lowest BCUT2D eigenvalue weighted by atomic mass is 10.1. The molecule has 1 aromatic heterocycles. The summed E-state index contributed by atoms with van der Waals surface area (Å²) < 4.78 is 5.60. The maximum absolute atomic E-state index is 5.60. The average molecular weight is 245 g/mol. The summed E-state index contributed by atoms with van der Waals surface area (Å²) in [7, 11) is 1.94. The lowest BCUT2D eigenvalue weighted by Crippen LogP contribution is -2.08. The Bertz CT molecular complexity index is 453. The Morgan fingerprint density at radius 2 is 1.72 bits per heavy atom. The molecular formula is C14H19N3O. The molecule has 0 fully saturated rings. The summed E-state index contributed by atoms with van der Waals surface area (Å²) in [6.45, 7) is 0.974. The number of nitrogens with zero attached hydrogens (tertiary/aromatic N) is 2. The van der Waals surface area contributed by atoms with Crippen LogP contribution in [-0.2, 0) is 19.3 Å². The normalized spacial score (nSPS) is 10.7. The maximum Gasteiger partial charge on any atom is 0.216 e. The lowest BCUT2D eigenvalue weighted by molar-refractivity contribution is 0.442. The van der Waals surface area contributed by atoms with Gasteiger partial charge in [-0.2, -0.15) is 0 Å². The summed E-state index contributed by atoms with van der Waals surface area (Å²) in [5.74, 6) is 1.48. The van der Waals surface area contributed by atoms with Crippen LogP contribution in [0.3, 0.4) is 0 Å². The van der Waals surface area contributed by atoms with Crippen LogP contribution in [0, 0.1) is 0 Å². The second kappa shape index (κ2) is 6.91. The highest BCUT2D eigenvalue weighted by molar-refractivity contribution is 5.15. The molecule has 0 aliphatic rings. The molecule has 1 aromatic carbocycles. The molecule has 0 amide bonds. The number of benzene rings is 1. The van der Waals surface area contributed by atoms with Crippen LogP contribution in [0.4, 0.5) is 0 Å². The first-order chi connectivity index (χ1) is 8.88. The SMILES string of the molecule is CNCCCc1nnc(CCc2ccccc2)o1. The Hall–Kier alpha value is -1.68. The Morgan fingerprint density at radius 3 is 2.44 bits per heavy atom. The summed E-state index contributed by atoms with van der Waals surface area (Å²) in [5.41, 5.74) is 1.30. The molecule has 2 rings (SSSR count). The molecule has 4 nitrogen and oxygen atoms in total. The first-order valence-corrected chi connectivity index (χ1v) is 6.38. The van der Waals surface area contributed by atoms with Crippen LogP contribution in [0.15, 0.2) is 34.7 Å². The minimum Gasteiger partial charge on any atom is -0.425 e. The van der Waals surface area contributed by atoms with E-state index < -0.39 is 0 Å². The zero-order chi connectivity index (χ0) is 12.6. The molecule has 0 atom stereocenters. The summed E-state index contributed by atoms with van der Waals surface area (Å²) in [5, 5.41) is 11.2. The highest BCUT2D eigenvalue weighted by atomic mass is 16.4. The Balaban J connectivity index is 1.80. The van der Waals surface area contributed by atoms with Crippen LogP contribution in [0.25, 0.3) is 0 Å². The zero-order valence-corrected chi connectivity index (χ0v) is 10.7. The first-order valence-electron chi connectivity index (χ1n) is 6.38. The number of nitrogens with one attached hydrogen (secondary N) is 1. The summed E-state index contributed by atoms with van der Waals surface area (Å²) in [4.78, 5) is 0. The van der Waals surface area contributed by atoms with E-state index in [9.17, 15) is 0 Å². The van der Waals surface area contributed by atoms with Crippen LogP contribution in [0.2, 0.25) is 0 Å². The highest BCUT2D eigenvalue weighted by Gasteiger charge is 2.05. The average Bonchev–Trinajstić information content (AvgIpc) is 2.86. The monoisotopic (exact) mass is 245 g/mol. The summed E-state index contributed by atoms with van der Waals surface area (Å²) >= 11 is 0. The van der Waals surface area contributed by atoms with Gasteiger partial charge in [-0.25, -0.2) is 0 Å². The molecule has 1 heterocycles. The quantitative estimate of drug-likeness (QED) is 0.758. The van der Waals surface area contributed by atoms with E-state index in [4.69, 9.17) is 4.42 Å². The minimum atomic E-state index is 0.735. The van der Waals surface area contributed by atoms with Crippen molar-refractivity contribution in [3.63, 3.8) is 0 Å². The van der Waals surface area contributed by atoms with Gasteiger partial charge in [0.25, 0.3) is 0 Å². The Kier molecular flexibility index (Phi) is 4.90. The smallest absolute Gasteiger partial charge is 0.216 e. The Morgan fingerprint density at radius 1 is 1.00 bits per heavy atom. The fourth-order valence-electron chi connectivity index (χ4n) is 1.80.